The quantitative estimate of drug-likeness (QED) is 0.270. The van der Waals surface area contributed by atoms with E-state index in [0.29, 0.717) is 0 Å². The minimum atomic E-state index is -0.0940. The number of benzene rings is 3. The van der Waals surface area contributed by atoms with Crippen LogP contribution >= 0.6 is 0 Å². The van der Waals surface area contributed by atoms with E-state index >= 15 is 0 Å². The Labute approximate surface area is 205 Å². The second kappa shape index (κ2) is 7.87. The van der Waals surface area contributed by atoms with Crippen LogP contribution in [0.3, 0.4) is 0 Å². The number of para-hydroxylation sites is 1. The smallest absolute Gasteiger partial charge is 0.0462 e. The van der Waals surface area contributed by atoms with Crippen LogP contribution in [0.2, 0.25) is 0 Å². The first-order valence-electron chi connectivity index (χ1n) is 12.4. The summed E-state index contributed by atoms with van der Waals surface area (Å²) in [5.41, 5.74) is 9.08. The number of fused-ring (bicyclic) bond motifs is 3. The van der Waals surface area contributed by atoms with Gasteiger partial charge in [0.1, 0.15) is 0 Å². The summed E-state index contributed by atoms with van der Waals surface area (Å²) in [6.45, 7) is 15.8. The van der Waals surface area contributed by atoms with Crippen molar-refractivity contribution in [1.82, 2.24) is 0 Å². The Bertz CT molecular complexity index is 1310. The maximum absolute atomic E-state index is 4.10. The molecule has 0 N–H and O–H groups in total. The predicted octanol–water partition coefficient (Wildman–Crippen LogP) is 9.19. The zero-order valence-corrected chi connectivity index (χ0v) is 21.1. The molecule has 0 spiro atoms. The van der Waals surface area contributed by atoms with Gasteiger partial charge in [-0.05, 0) is 71.4 Å². The summed E-state index contributed by atoms with van der Waals surface area (Å²) in [5.74, 6) is 0. The molecule has 1 nitrogen and oxygen atoms in total. The van der Waals surface area contributed by atoms with Crippen molar-refractivity contribution in [2.45, 2.75) is 46.5 Å². The predicted molar refractivity (Wildman–Crippen MR) is 147 cm³/mol. The molecule has 1 unspecified atom stereocenters. The van der Waals surface area contributed by atoms with Crippen molar-refractivity contribution in [2.24, 2.45) is 10.8 Å². The summed E-state index contributed by atoms with van der Waals surface area (Å²) >= 11 is 0. The molecule has 34 heavy (non-hydrogen) atoms. The van der Waals surface area contributed by atoms with Crippen LogP contribution in [-0.2, 0) is 5.41 Å². The minimum absolute atomic E-state index is 0.0369. The maximum atomic E-state index is 4.10. The molecule has 3 aromatic rings. The van der Waals surface area contributed by atoms with Gasteiger partial charge in [-0.1, -0.05) is 101 Å². The lowest BCUT2D eigenvalue weighted by Crippen LogP contribution is -2.46. The van der Waals surface area contributed by atoms with Crippen molar-refractivity contribution in [2.75, 3.05) is 4.90 Å². The number of hydrogen-bond donors (Lipinski definition) is 0. The van der Waals surface area contributed by atoms with Gasteiger partial charge in [0.15, 0.2) is 0 Å². The summed E-state index contributed by atoms with van der Waals surface area (Å²) in [6, 6.07) is 26.6. The van der Waals surface area contributed by atoms with Gasteiger partial charge in [0, 0.05) is 27.9 Å². The lowest BCUT2D eigenvalue weighted by molar-refractivity contribution is 0.174. The molecule has 172 valence electrons. The number of anilines is 2. The summed E-state index contributed by atoms with van der Waals surface area (Å²) in [4.78, 5) is 2.44. The van der Waals surface area contributed by atoms with E-state index in [0.717, 1.165) is 6.42 Å². The second-order valence-electron chi connectivity index (χ2n) is 10.7. The van der Waals surface area contributed by atoms with Gasteiger partial charge >= 0.3 is 0 Å². The van der Waals surface area contributed by atoms with Crippen LogP contribution in [0.5, 0.6) is 0 Å². The first-order valence-corrected chi connectivity index (χ1v) is 12.4. The van der Waals surface area contributed by atoms with Crippen LogP contribution in [0, 0.1) is 10.8 Å². The molecule has 0 radical (unpaired) electrons. The highest BCUT2D eigenvalue weighted by atomic mass is 15.2. The highest BCUT2D eigenvalue weighted by molar-refractivity contribution is 5.84. The molecule has 5 rings (SSSR count). The number of rotatable bonds is 6. The summed E-state index contributed by atoms with van der Waals surface area (Å²) in [6.07, 6.45) is 9.97. The Hall–Kier alpha value is -3.32. The molecule has 3 aromatic carbocycles. The Balaban J connectivity index is 1.72. The SMILES string of the molecule is C=C/C=C(/N(c1ccccc1)c1ccc2c(c1)C(C)(C)c1ccccc1-2)C1(C)C=C[C@@]1(C)CC. The van der Waals surface area contributed by atoms with Gasteiger partial charge in [0.25, 0.3) is 0 Å². The molecule has 0 bridgehead atoms. The average molecular weight is 446 g/mol. The van der Waals surface area contributed by atoms with E-state index < -0.39 is 0 Å². The van der Waals surface area contributed by atoms with E-state index in [4.69, 9.17) is 0 Å². The standard InChI is InChI=1S/C33H35N/c1-7-14-30(33(6)22-21-32(33,5)8-2)34(24-15-10-9-11-16-24)25-19-20-27-26-17-12-13-18-28(26)31(3,4)29(27)23-25/h7,9-23H,1,8H2,2-6H3/b30-14+/t32-,33?/m1/s1. The fourth-order valence-electron chi connectivity index (χ4n) is 5.91. The summed E-state index contributed by atoms with van der Waals surface area (Å²) < 4.78 is 0. The van der Waals surface area contributed by atoms with Gasteiger partial charge in [0.2, 0.25) is 0 Å². The highest BCUT2D eigenvalue weighted by Crippen LogP contribution is 2.59. The van der Waals surface area contributed by atoms with Crippen molar-refractivity contribution in [3.63, 3.8) is 0 Å². The zero-order valence-electron chi connectivity index (χ0n) is 21.1. The zero-order chi connectivity index (χ0) is 24.1. The van der Waals surface area contributed by atoms with Crippen LogP contribution in [0.4, 0.5) is 11.4 Å². The van der Waals surface area contributed by atoms with Crippen molar-refractivity contribution in [3.8, 4) is 11.1 Å². The fraction of sp³-hybridized carbons (Fsp3) is 0.273. The molecule has 2 aliphatic rings. The summed E-state index contributed by atoms with van der Waals surface area (Å²) in [7, 11) is 0. The molecule has 0 saturated carbocycles. The normalized spacial score (nSPS) is 24.2. The van der Waals surface area contributed by atoms with E-state index in [2.05, 4.69) is 137 Å². The number of allylic oxidation sites excluding steroid dienone is 4. The fourth-order valence-corrected chi connectivity index (χ4v) is 5.91. The molecule has 0 aromatic heterocycles. The lowest BCUT2D eigenvalue weighted by Gasteiger charge is -2.53. The third-order valence-electron chi connectivity index (χ3n) is 8.59. The Kier molecular flexibility index (Phi) is 5.20. The first kappa shape index (κ1) is 22.5. The van der Waals surface area contributed by atoms with Crippen LogP contribution in [0.15, 0.2) is 109 Å². The Morgan fingerprint density at radius 3 is 2.12 bits per heavy atom. The Morgan fingerprint density at radius 2 is 1.47 bits per heavy atom. The van der Waals surface area contributed by atoms with Gasteiger partial charge in [-0.2, -0.15) is 0 Å². The molecule has 1 heteroatoms. The van der Waals surface area contributed by atoms with Crippen LogP contribution < -0.4 is 4.90 Å². The largest absolute Gasteiger partial charge is 0.313 e. The number of nitrogens with zero attached hydrogens (tertiary/aromatic N) is 1. The molecule has 2 atom stereocenters. The first-order chi connectivity index (χ1) is 16.3. The van der Waals surface area contributed by atoms with Crippen molar-refractivity contribution >= 4 is 11.4 Å². The van der Waals surface area contributed by atoms with E-state index in [1.54, 1.807) is 0 Å². The van der Waals surface area contributed by atoms with E-state index in [-0.39, 0.29) is 16.2 Å². The van der Waals surface area contributed by atoms with Crippen molar-refractivity contribution in [3.05, 3.63) is 121 Å². The van der Waals surface area contributed by atoms with Crippen molar-refractivity contribution in [1.29, 1.82) is 0 Å². The minimum Gasteiger partial charge on any atom is -0.313 e. The highest BCUT2D eigenvalue weighted by Gasteiger charge is 2.50. The van der Waals surface area contributed by atoms with E-state index in [9.17, 15) is 0 Å². The maximum Gasteiger partial charge on any atom is 0.0462 e. The van der Waals surface area contributed by atoms with E-state index in [1.807, 2.05) is 6.08 Å². The molecule has 0 fully saturated rings. The molecular weight excluding hydrogens is 410 g/mol. The Morgan fingerprint density at radius 1 is 0.794 bits per heavy atom. The van der Waals surface area contributed by atoms with Gasteiger partial charge in [-0.25, -0.2) is 0 Å². The van der Waals surface area contributed by atoms with Crippen LogP contribution in [-0.4, -0.2) is 0 Å². The van der Waals surface area contributed by atoms with E-state index in [1.165, 1.54) is 39.3 Å². The monoisotopic (exact) mass is 445 g/mol. The van der Waals surface area contributed by atoms with Crippen LogP contribution in [0.1, 0.15) is 52.2 Å². The van der Waals surface area contributed by atoms with Gasteiger partial charge in [-0.15, -0.1) is 0 Å². The average Bonchev–Trinajstić information content (AvgIpc) is 3.09. The topological polar surface area (TPSA) is 3.24 Å². The third-order valence-corrected chi connectivity index (χ3v) is 8.59. The summed E-state index contributed by atoms with van der Waals surface area (Å²) in [5, 5.41) is 0. The molecule has 0 saturated heterocycles. The number of hydrogen-bond acceptors (Lipinski definition) is 1. The molecule has 0 amide bonds. The van der Waals surface area contributed by atoms with Crippen molar-refractivity contribution < 1.29 is 0 Å². The molecule has 0 aliphatic heterocycles. The molecule has 0 heterocycles. The molecule has 2 aliphatic carbocycles. The molecular formula is C33H35N. The van der Waals surface area contributed by atoms with Gasteiger partial charge in [0.05, 0.1) is 0 Å². The third kappa shape index (κ3) is 3.06. The lowest BCUT2D eigenvalue weighted by atomic mass is 9.54. The van der Waals surface area contributed by atoms with Gasteiger partial charge < -0.3 is 4.90 Å². The van der Waals surface area contributed by atoms with Gasteiger partial charge in [-0.3, -0.25) is 0 Å². The second-order valence-corrected chi connectivity index (χ2v) is 10.7. The van der Waals surface area contributed by atoms with Crippen LogP contribution in [0.25, 0.3) is 11.1 Å².